The number of fused-ring (bicyclic) bond motifs is 1. The van der Waals surface area contributed by atoms with E-state index in [1.807, 2.05) is 0 Å². The number of nitrogens with zero attached hydrogens (tertiary/aromatic N) is 3. The fourth-order valence-corrected chi connectivity index (χ4v) is 2.77. The summed E-state index contributed by atoms with van der Waals surface area (Å²) in [5.41, 5.74) is 5.09. The lowest BCUT2D eigenvalue weighted by Crippen LogP contribution is -2.36. The molecule has 13 heteroatoms. The average Bonchev–Trinajstić information content (AvgIpc) is 3.18. The molecule has 5 atom stereocenters. The smallest absolute Gasteiger partial charge is 0.280 e. The second-order valence-electron chi connectivity index (χ2n) is 5.86. The van der Waals surface area contributed by atoms with Gasteiger partial charge in [0.1, 0.15) is 18.3 Å². The van der Waals surface area contributed by atoms with Crippen molar-refractivity contribution in [2.24, 2.45) is 0 Å². The Hall–Kier alpha value is -2.13. The van der Waals surface area contributed by atoms with Crippen molar-refractivity contribution < 1.29 is 34.6 Å². The molecule has 1 aliphatic rings. The Balaban J connectivity index is 1.74. The number of hydrogen-bond donors (Lipinski definition) is 6. The molecule has 0 amide bonds. The molecule has 0 aliphatic carbocycles. The van der Waals surface area contributed by atoms with Crippen LogP contribution in [-0.2, 0) is 14.2 Å². The monoisotopic (exact) mass is 387 g/mol. The molecule has 0 bridgehead atoms. The standard InChI is InChI=1S/C14H21N5O8/c15-14-17-11-8(12(24)18-14)16-5-19(11)13-10(23)9(22)6(27-13)4-26-7(3-21)25-2-1-20/h5-7,9-10,13,20-23H,1-4H2,(H3,15,17,18,24)/t6-,7?,9-,10-,13-/m1/s1. The summed E-state index contributed by atoms with van der Waals surface area (Å²) in [7, 11) is 0. The molecule has 3 rings (SSSR count). The summed E-state index contributed by atoms with van der Waals surface area (Å²) >= 11 is 0. The van der Waals surface area contributed by atoms with Crippen molar-refractivity contribution in [3.63, 3.8) is 0 Å². The largest absolute Gasteiger partial charge is 0.394 e. The predicted molar refractivity (Wildman–Crippen MR) is 88.3 cm³/mol. The highest BCUT2D eigenvalue weighted by Crippen LogP contribution is 2.31. The van der Waals surface area contributed by atoms with E-state index in [1.54, 1.807) is 0 Å². The molecule has 2 aromatic heterocycles. The van der Waals surface area contributed by atoms with Crippen LogP contribution in [0.5, 0.6) is 0 Å². The van der Waals surface area contributed by atoms with Crippen LogP contribution in [0.2, 0.25) is 0 Å². The predicted octanol–water partition coefficient (Wildman–Crippen LogP) is -3.34. The number of aromatic nitrogens is 4. The molecule has 3 heterocycles. The molecule has 27 heavy (non-hydrogen) atoms. The van der Waals surface area contributed by atoms with Gasteiger partial charge < -0.3 is 40.4 Å². The Morgan fingerprint density at radius 1 is 1.33 bits per heavy atom. The SMILES string of the molecule is Nc1nc2c(ncn2[C@@H]2O[C@H](COC(CO)OCCO)[C@@H](O)[C@H]2O)c(=O)[nH]1. The van der Waals surface area contributed by atoms with Gasteiger partial charge in [0.05, 0.1) is 32.8 Å². The molecule has 0 radical (unpaired) electrons. The average molecular weight is 387 g/mol. The number of nitrogen functional groups attached to an aromatic ring is 1. The van der Waals surface area contributed by atoms with Crippen LogP contribution in [-0.4, -0.2) is 91.0 Å². The van der Waals surface area contributed by atoms with Gasteiger partial charge in [-0.15, -0.1) is 0 Å². The Kier molecular flexibility index (Phi) is 6.01. The van der Waals surface area contributed by atoms with E-state index in [0.29, 0.717) is 0 Å². The number of ether oxygens (including phenoxy) is 3. The highest BCUT2D eigenvalue weighted by molar-refractivity contribution is 5.70. The summed E-state index contributed by atoms with van der Waals surface area (Å²) in [5, 5.41) is 38.4. The molecule has 1 unspecified atom stereocenters. The van der Waals surface area contributed by atoms with Crippen LogP contribution >= 0.6 is 0 Å². The first-order chi connectivity index (χ1) is 13.0. The first kappa shape index (κ1) is 19.6. The minimum absolute atomic E-state index is 0.00642. The molecule has 0 spiro atoms. The number of hydrogen-bond acceptors (Lipinski definition) is 11. The van der Waals surface area contributed by atoms with E-state index in [9.17, 15) is 15.0 Å². The van der Waals surface area contributed by atoms with Gasteiger partial charge >= 0.3 is 0 Å². The summed E-state index contributed by atoms with van der Waals surface area (Å²) in [6.07, 6.45) is -4.48. The van der Waals surface area contributed by atoms with E-state index in [2.05, 4.69) is 15.0 Å². The Morgan fingerprint density at radius 3 is 2.81 bits per heavy atom. The zero-order valence-electron chi connectivity index (χ0n) is 14.1. The first-order valence-electron chi connectivity index (χ1n) is 8.15. The van der Waals surface area contributed by atoms with Crippen molar-refractivity contribution in [2.75, 3.05) is 32.2 Å². The number of anilines is 1. The maximum atomic E-state index is 11.9. The molecule has 1 fully saturated rings. The van der Waals surface area contributed by atoms with Gasteiger partial charge in [-0.3, -0.25) is 14.3 Å². The van der Waals surface area contributed by atoms with E-state index >= 15 is 0 Å². The minimum atomic E-state index is -1.36. The zero-order chi connectivity index (χ0) is 19.6. The van der Waals surface area contributed by atoms with Gasteiger partial charge in [0, 0.05) is 0 Å². The molecule has 13 nitrogen and oxygen atoms in total. The van der Waals surface area contributed by atoms with Crippen molar-refractivity contribution >= 4 is 17.1 Å². The van der Waals surface area contributed by atoms with E-state index in [-0.39, 0.29) is 36.9 Å². The van der Waals surface area contributed by atoms with Gasteiger partial charge in [-0.05, 0) is 0 Å². The second-order valence-corrected chi connectivity index (χ2v) is 5.86. The molecular formula is C14H21N5O8. The Morgan fingerprint density at radius 2 is 2.11 bits per heavy atom. The third kappa shape index (κ3) is 3.93. The van der Waals surface area contributed by atoms with Crippen LogP contribution in [0.1, 0.15) is 6.23 Å². The van der Waals surface area contributed by atoms with Crippen LogP contribution in [0.25, 0.3) is 11.2 Å². The van der Waals surface area contributed by atoms with Gasteiger partial charge in [-0.2, -0.15) is 4.98 Å². The molecule has 150 valence electrons. The van der Waals surface area contributed by atoms with Crippen molar-refractivity contribution in [3.05, 3.63) is 16.7 Å². The van der Waals surface area contributed by atoms with Crippen molar-refractivity contribution in [2.45, 2.75) is 30.8 Å². The Labute approximate surface area is 151 Å². The molecule has 7 N–H and O–H groups in total. The number of aliphatic hydroxyl groups is 4. The van der Waals surface area contributed by atoms with E-state index in [1.165, 1.54) is 10.9 Å². The quantitative estimate of drug-likeness (QED) is 0.248. The zero-order valence-corrected chi connectivity index (χ0v) is 14.1. The van der Waals surface area contributed by atoms with Crippen LogP contribution in [0.15, 0.2) is 11.1 Å². The Bertz CT molecular complexity index is 825. The number of aromatic amines is 1. The van der Waals surface area contributed by atoms with Gasteiger partial charge in [0.25, 0.3) is 5.56 Å². The van der Waals surface area contributed by atoms with E-state index in [4.69, 9.17) is 30.2 Å². The molecule has 0 saturated carbocycles. The number of aliphatic hydroxyl groups excluding tert-OH is 4. The molecular weight excluding hydrogens is 366 g/mol. The number of nitrogens with one attached hydrogen (secondary N) is 1. The van der Waals surface area contributed by atoms with E-state index in [0.717, 1.165) is 0 Å². The van der Waals surface area contributed by atoms with Gasteiger partial charge in [0.15, 0.2) is 23.7 Å². The fourth-order valence-electron chi connectivity index (χ4n) is 2.77. The van der Waals surface area contributed by atoms with E-state index < -0.39 is 43.0 Å². The van der Waals surface area contributed by atoms with Gasteiger partial charge in [0.2, 0.25) is 5.95 Å². The highest BCUT2D eigenvalue weighted by Gasteiger charge is 2.44. The molecule has 2 aromatic rings. The number of nitrogens with two attached hydrogens (primary N) is 1. The van der Waals surface area contributed by atoms with Crippen LogP contribution < -0.4 is 11.3 Å². The van der Waals surface area contributed by atoms with Crippen molar-refractivity contribution in [3.8, 4) is 0 Å². The van der Waals surface area contributed by atoms with Crippen LogP contribution in [0.3, 0.4) is 0 Å². The third-order valence-corrected chi connectivity index (χ3v) is 4.05. The number of imidazole rings is 1. The first-order valence-corrected chi connectivity index (χ1v) is 8.15. The van der Waals surface area contributed by atoms with Gasteiger partial charge in [-0.25, -0.2) is 4.98 Å². The normalized spacial score (nSPS) is 26.7. The number of H-pyrrole nitrogens is 1. The summed E-state index contributed by atoms with van der Waals surface area (Å²) < 4.78 is 17.3. The van der Waals surface area contributed by atoms with Gasteiger partial charge in [-0.1, -0.05) is 0 Å². The second kappa shape index (κ2) is 8.26. The summed E-state index contributed by atoms with van der Waals surface area (Å²) in [4.78, 5) is 22.1. The maximum Gasteiger partial charge on any atom is 0.280 e. The third-order valence-electron chi connectivity index (χ3n) is 4.05. The van der Waals surface area contributed by atoms with Crippen molar-refractivity contribution in [1.29, 1.82) is 0 Å². The molecule has 0 aromatic carbocycles. The van der Waals surface area contributed by atoms with Crippen LogP contribution in [0, 0.1) is 0 Å². The lowest BCUT2D eigenvalue weighted by atomic mass is 10.1. The summed E-state index contributed by atoms with van der Waals surface area (Å²) in [5.74, 6) is -0.131. The highest BCUT2D eigenvalue weighted by atomic mass is 16.7. The molecule has 1 saturated heterocycles. The summed E-state index contributed by atoms with van der Waals surface area (Å²) in [6.45, 7) is -0.944. The number of rotatable bonds is 8. The topological polar surface area (TPSA) is 198 Å². The van der Waals surface area contributed by atoms with Crippen molar-refractivity contribution in [1.82, 2.24) is 19.5 Å². The summed E-state index contributed by atoms with van der Waals surface area (Å²) in [6, 6.07) is 0. The minimum Gasteiger partial charge on any atom is -0.394 e. The van der Waals surface area contributed by atoms with Crippen LogP contribution in [0.4, 0.5) is 5.95 Å². The fraction of sp³-hybridized carbons (Fsp3) is 0.643. The maximum absolute atomic E-state index is 11.9. The lowest BCUT2D eigenvalue weighted by molar-refractivity contribution is -0.188. The lowest BCUT2D eigenvalue weighted by Gasteiger charge is -2.20. The molecule has 1 aliphatic heterocycles.